The van der Waals surface area contributed by atoms with Crippen LogP contribution in [0.1, 0.15) is 85.0 Å². The number of nitrogens with one attached hydrogen (secondary N) is 2. The molecule has 2 amide bonds. The number of ether oxygens (including phenoxy) is 1. The first-order valence-corrected chi connectivity index (χ1v) is 10.4. The summed E-state index contributed by atoms with van der Waals surface area (Å²) >= 11 is 4.22. The van der Waals surface area contributed by atoms with E-state index in [2.05, 4.69) is 23.3 Å². The van der Waals surface area contributed by atoms with Gasteiger partial charge in [0.05, 0.1) is 0 Å². The Bertz CT molecular complexity index is 402. The minimum atomic E-state index is -0.571. The maximum absolute atomic E-state index is 12.7. The van der Waals surface area contributed by atoms with Crippen LogP contribution in [0.3, 0.4) is 0 Å². The van der Waals surface area contributed by atoms with E-state index in [1.54, 1.807) is 0 Å². The van der Waals surface area contributed by atoms with Gasteiger partial charge in [0.15, 0.2) is 0 Å². The van der Waals surface area contributed by atoms with Crippen molar-refractivity contribution in [3.05, 3.63) is 0 Å². The normalized spacial score (nSPS) is 17.4. The minimum absolute atomic E-state index is 0.0800. The fourth-order valence-electron chi connectivity index (χ4n) is 3.08. The van der Waals surface area contributed by atoms with Crippen LogP contribution >= 0.6 is 12.6 Å². The van der Waals surface area contributed by atoms with Crippen molar-refractivity contribution in [2.75, 3.05) is 5.75 Å². The molecule has 1 aliphatic rings. The molecule has 1 saturated carbocycles. The number of amides is 2. The maximum atomic E-state index is 12.7. The Morgan fingerprint density at radius 3 is 2.28 bits per heavy atom. The molecule has 0 radical (unpaired) electrons. The van der Waals surface area contributed by atoms with Gasteiger partial charge in [0.2, 0.25) is 5.91 Å². The van der Waals surface area contributed by atoms with E-state index in [1.807, 2.05) is 20.8 Å². The van der Waals surface area contributed by atoms with Crippen LogP contribution in [0.4, 0.5) is 4.79 Å². The molecule has 25 heavy (non-hydrogen) atoms. The summed E-state index contributed by atoms with van der Waals surface area (Å²) in [5.41, 5.74) is -0.571. The van der Waals surface area contributed by atoms with E-state index in [9.17, 15) is 9.59 Å². The summed E-state index contributed by atoms with van der Waals surface area (Å²) in [6.07, 6.45) is 9.90. The first kappa shape index (κ1) is 22.1. The first-order chi connectivity index (χ1) is 11.8. The van der Waals surface area contributed by atoms with Crippen LogP contribution in [0.2, 0.25) is 0 Å². The number of rotatable bonds is 8. The molecule has 146 valence electrons. The third-order valence-corrected chi connectivity index (χ3v) is 4.68. The van der Waals surface area contributed by atoms with E-state index in [0.29, 0.717) is 6.42 Å². The zero-order valence-corrected chi connectivity index (χ0v) is 17.0. The van der Waals surface area contributed by atoms with Gasteiger partial charge in [0.25, 0.3) is 0 Å². The Hall–Kier alpha value is -0.910. The Balaban J connectivity index is 2.57. The smallest absolute Gasteiger partial charge is 0.408 e. The molecule has 1 fully saturated rings. The van der Waals surface area contributed by atoms with E-state index in [1.165, 1.54) is 12.8 Å². The fraction of sp³-hybridized carbons (Fsp3) is 0.895. The van der Waals surface area contributed by atoms with Gasteiger partial charge in [-0.15, -0.1) is 0 Å². The Kier molecular flexibility index (Phi) is 10.3. The molecular weight excluding hydrogens is 336 g/mol. The van der Waals surface area contributed by atoms with E-state index < -0.39 is 17.7 Å². The van der Waals surface area contributed by atoms with Crippen LogP contribution in [0.15, 0.2) is 0 Å². The molecule has 2 N–H and O–H groups in total. The first-order valence-electron chi connectivity index (χ1n) is 9.72. The topological polar surface area (TPSA) is 67.4 Å². The van der Waals surface area contributed by atoms with E-state index >= 15 is 0 Å². The molecule has 1 atom stereocenters. The molecule has 0 aliphatic heterocycles. The van der Waals surface area contributed by atoms with E-state index in [0.717, 1.165) is 50.7 Å². The third-order valence-electron chi connectivity index (χ3n) is 4.36. The number of hydrogen-bond donors (Lipinski definition) is 3. The van der Waals surface area contributed by atoms with Gasteiger partial charge < -0.3 is 15.4 Å². The van der Waals surface area contributed by atoms with Crippen LogP contribution in [-0.2, 0) is 9.53 Å². The summed E-state index contributed by atoms with van der Waals surface area (Å²) in [7, 11) is 0. The summed E-state index contributed by atoms with van der Waals surface area (Å²) in [6, 6.07) is -0.298. The average molecular weight is 373 g/mol. The summed E-state index contributed by atoms with van der Waals surface area (Å²) in [5, 5.41) is 5.91. The lowest BCUT2D eigenvalue weighted by Crippen LogP contribution is -2.50. The van der Waals surface area contributed by atoms with Crippen molar-refractivity contribution in [2.24, 2.45) is 0 Å². The van der Waals surface area contributed by atoms with Gasteiger partial charge in [-0.05, 0) is 52.2 Å². The standard InChI is InChI=1S/C19H36N2O3S/c1-19(2,3)24-18(23)21-16(13-9-6-10-14-25)17(22)20-15-11-7-4-5-8-12-15/h15-16,25H,4-14H2,1-3H3,(H,20,22)(H,21,23). The molecule has 0 aromatic heterocycles. The summed E-state index contributed by atoms with van der Waals surface area (Å²) in [5.74, 6) is 0.766. The van der Waals surface area contributed by atoms with E-state index in [-0.39, 0.29) is 11.9 Å². The Labute approximate surface area is 158 Å². The molecule has 1 aliphatic carbocycles. The largest absolute Gasteiger partial charge is 0.444 e. The van der Waals surface area contributed by atoms with Crippen LogP contribution in [-0.4, -0.2) is 35.4 Å². The average Bonchev–Trinajstić information content (AvgIpc) is 2.77. The lowest BCUT2D eigenvalue weighted by molar-refractivity contribution is -0.124. The van der Waals surface area contributed by atoms with Gasteiger partial charge in [-0.3, -0.25) is 4.79 Å². The zero-order chi connectivity index (χ0) is 18.7. The molecule has 0 heterocycles. The molecule has 0 bridgehead atoms. The predicted octanol–water partition coefficient (Wildman–Crippen LogP) is 4.21. The Morgan fingerprint density at radius 2 is 1.72 bits per heavy atom. The van der Waals surface area contributed by atoms with Crippen molar-refractivity contribution in [2.45, 2.75) is 103 Å². The van der Waals surface area contributed by atoms with Crippen molar-refractivity contribution in [3.8, 4) is 0 Å². The highest BCUT2D eigenvalue weighted by Crippen LogP contribution is 2.18. The van der Waals surface area contributed by atoms with Crippen molar-refractivity contribution in [1.82, 2.24) is 10.6 Å². The fourth-order valence-corrected chi connectivity index (χ4v) is 3.30. The van der Waals surface area contributed by atoms with Crippen LogP contribution in [0.25, 0.3) is 0 Å². The maximum Gasteiger partial charge on any atom is 0.408 e. The van der Waals surface area contributed by atoms with Gasteiger partial charge in [-0.1, -0.05) is 38.5 Å². The number of alkyl carbamates (subject to hydrolysis) is 1. The monoisotopic (exact) mass is 372 g/mol. The number of carbonyl (C=O) groups is 2. The van der Waals surface area contributed by atoms with Crippen molar-refractivity contribution < 1.29 is 14.3 Å². The lowest BCUT2D eigenvalue weighted by atomic mass is 10.1. The Morgan fingerprint density at radius 1 is 1.08 bits per heavy atom. The van der Waals surface area contributed by atoms with Gasteiger partial charge >= 0.3 is 6.09 Å². The van der Waals surface area contributed by atoms with Crippen molar-refractivity contribution >= 4 is 24.6 Å². The summed E-state index contributed by atoms with van der Waals surface area (Å²) in [4.78, 5) is 24.8. The molecule has 0 aromatic carbocycles. The quantitative estimate of drug-likeness (QED) is 0.340. The molecule has 6 heteroatoms. The number of carbonyl (C=O) groups excluding carboxylic acids is 2. The SMILES string of the molecule is CC(C)(C)OC(=O)NC(CCCCCS)C(=O)NC1CCCCCC1. The number of unbranched alkanes of at least 4 members (excludes halogenated alkanes) is 2. The second kappa shape index (κ2) is 11.7. The molecule has 5 nitrogen and oxygen atoms in total. The van der Waals surface area contributed by atoms with Crippen molar-refractivity contribution in [3.63, 3.8) is 0 Å². The van der Waals surface area contributed by atoms with Gasteiger partial charge in [-0.2, -0.15) is 12.6 Å². The molecular formula is C19H36N2O3S. The summed E-state index contributed by atoms with van der Waals surface area (Å²) in [6.45, 7) is 5.46. The zero-order valence-electron chi connectivity index (χ0n) is 16.1. The van der Waals surface area contributed by atoms with Gasteiger partial charge in [-0.25, -0.2) is 4.79 Å². The third kappa shape index (κ3) is 10.6. The minimum Gasteiger partial charge on any atom is -0.444 e. The molecule has 1 rings (SSSR count). The number of thiol groups is 1. The highest BCUT2D eigenvalue weighted by Gasteiger charge is 2.26. The second-order valence-corrected chi connectivity index (χ2v) is 8.42. The predicted molar refractivity (Wildman–Crippen MR) is 105 cm³/mol. The van der Waals surface area contributed by atoms with Crippen LogP contribution in [0, 0.1) is 0 Å². The molecule has 0 spiro atoms. The van der Waals surface area contributed by atoms with Crippen molar-refractivity contribution in [1.29, 1.82) is 0 Å². The molecule has 1 unspecified atom stereocenters. The van der Waals surface area contributed by atoms with Crippen LogP contribution < -0.4 is 10.6 Å². The van der Waals surface area contributed by atoms with E-state index in [4.69, 9.17) is 4.74 Å². The van der Waals surface area contributed by atoms with Crippen LogP contribution in [0.5, 0.6) is 0 Å². The highest BCUT2D eigenvalue weighted by molar-refractivity contribution is 7.80. The second-order valence-electron chi connectivity index (χ2n) is 7.97. The highest BCUT2D eigenvalue weighted by atomic mass is 32.1. The van der Waals surface area contributed by atoms with Gasteiger partial charge in [0, 0.05) is 6.04 Å². The molecule has 0 saturated heterocycles. The molecule has 0 aromatic rings. The summed E-state index contributed by atoms with van der Waals surface area (Å²) < 4.78 is 5.31. The lowest BCUT2D eigenvalue weighted by Gasteiger charge is -2.25. The van der Waals surface area contributed by atoms with Gasteiger partial charge in [0.1, 0.15) is 11.6 Å². The number of hydrogen-bond acceptors (Lipinski definition) is 4.